The second kappa shape index (κ2) is 9.13. The summed E-state index contributed by atoms with van der Waals surface area (Å²) in [7, 11) is 0. The number of para-hydroxylation sites is 1. The van der Waals surface area contributed by atoms with Gasteiger partial charge in [0.15, 0.2) is 0 Å². The number of fused-ring (bicyclic) bond motifs is 1. The molecule has 2 N–H and O–H groups in total. The molecule has 10 heteroatoms. The number of aromatic nitrogens is 3. The number of amides is 1. The smallest absolute Gasteiger partial charge is 0.282 e. The maximum Gasteiger partial charge on any atom is 0.282 e. The van der Waals surface area contributed by atoms with Gasteiger partial charge in [-0.1, -0.05) is 47.5 Å². The van der Waals surface area contributed by atoms with Crippen LogP contribution >= 0.6 is 23.2 Å². The van der Waals surface area contributed by atoms with Gasteiger partial charge in [-0.2, -0.15) is 5.10 Å². The van der Waals surface area contributed by atoms with E-state index in [9.17, 15) is 18.0 Å². The van der Waals surface area contributed by atoms with Crippen molar-refractivity contribution in [2.75, 3.05) is 5.32 Å². The number of carbonyl (C=O) groups is 1. The van der Waals surface area contributed by atoms with E-state index in [1.54, 1.807) is 12.1 Å². The number of anilines is 1. The number of alkyl halides is 2. The largest absolute Gasteiger partial charge is 0.340 e. The number of H-pyrrole nitrogens is 1. The van der Waals surface area contributed by atoms with E-state index in [1.165, 1.54) is 35.1 Å². The molecule has 0 fully saturated rings. The van der Waals surface area contributed by atoms with Crippen molar-refractivity contribution in [3.63, 3.8) is 0 Å². The van der Waals surface area contributed by atoms with Crippen molar-refractivity contribution in [3.8, 4) is 16.9 Å². The molecule has 176 valence electrons. The third-order valence-corrected chi connectivity index (χ3v) is 6.16. The number of rotatable bonds is 5. The lowest BCUT2D eigenvalue weighted by atomic mass is 10.0. The SMILES string of the molecule is O=C(Nc1ccc(F)cc1-c1ccc(Cl)c(Cl)c1)c1cn(-c2cc3ccccc3[nH]2)nc1C(F)F. The Balaban J connectivity index is 1.52. The molecule has 0 saturated heterocycles. The minimum atomic E-state index is -3.00. The van der Waals surface area contributed by atoms with Crippen LogP contribution in [0.4, 0.5) is 18.9 Å². The molecule has 35 heavy (non-hydrogen) atoms. The van der Waals surface area contributed by atoms with E-state index < -0.39 is 23.8 Å². The molecule has 0 bridgehead atoms. The number of hydrogen-bond donors (Lipinski definition) is 2. The van der Waals surface area contributed by atoms with Crippen LogP contribution in [0.3, 0.4) is 0 Å². The summed E-state index contributed by atoms with van der Waals surface area (Å²) in [4.78, 5) is 16.2. The highest BCUT2D eigenvalue weighted by atomic mass is 35.5. The Morgan fingerprint density at radius 1 is 1.00 bits per heavy atom. The molecular weight excluding hydrogens is 500 g/mol. The zero-order valence-corrected chi connectivity index (χ0v) is 19.2. The maximum atomic E-state index is 14.0. The molecule has 0 radical (unpaired) electrons. The van der Waals surface area contributed by atoms with Crippen LogP contribution < -0.4 is 5.32 Å². The minimum Gasteiger partial charge on any atom is -0.340 e. The Morgan fingerprint density at radius 2 is 1.80 bits per heavy atom. The van der Waals surface area contributed by atoms with Gasteiger partial charge < -0.3 is 10.3 Å². The molecule has 0 aliphatic heterocycles. The molecule has 5 rings (SSSR count). The zero-order valence-electron chi connectivity index (χ0n) is 17.7. The Labute approximate surface area is 207 Å². The first-order valence-corrected chi connectivity index (χ1v) is 11.1. The van der Waals surface area contributed by atoms with Crippen molar-refractivity contribution in [1.29, 1.82) is 0 Å². The van der Waals surface area contributed by atoms with Gasteiger partial charge in [-0.05, 0) is 48.0 Å². The Bertz CT molecular complexity index is 1550. The van der Waals surface area contributed by atoms with Crippen LogP contribution in [0.1, 0.15) is 22.5 Å². The Morgan fingerprint density at radius 3 is 2.54 bits per heavy atom. The van der Waals surface area contributed by atoms with Crippen LogP contribution in [-0.4, -0.2) is 20.7 Å². The second-order valence-corrected chi connectivity index (χ2v) is 8.50. The molecule has 0 aliphatic rings. The van der Waals surface area contributed by atoms with E-state index in [0.717, 1.165) is 17.0 Å². The van der Waals surface area contributed by atoms with E-state index in [1.807, 2.05) is 24.3 Å². The lowest BCUT2D eigenvalue weighted by Gasteiger charge is -2.12. The van der Waals surface area contributed by atoms with Gasteiger partial charge in [-0.15, -0.1) is 0 Å². The third kappa shape index (κ3) is 4.50. The minimum absolute atomic E-state index is 0.202. The van der Waals surface area contributed by atoms with Crippen LogP contribution in [0.5, 0.6) is 0 Å². The van der Waals surface area contributed by atoms with Crippen LogP contribution in [0, 0.1) is 5.82 Å². The fourth-order valence-corrected chi connectivity index (χ4v) is 4.04. The van der Waals surface area contributed by atoms with Crippen LogP contribution in [0.15, 0.2) is 72.9 Å². The molecular formula is C25H15Cl2F3N4O. The lowest BCUT2D eigenvalue weighted by molar-refractivity contribution is 0.101. The number of aromatic amines is 1. The van der Waals surface area contributed by atoms with E-state index in [2.05, 4.69) is 15.4 Å². The van der Waals surface area contributed by atoms with Crippen LogP contribution in [0.25, 0.3) is 27.8 Å². The number of nitrogens with zero attached hydrogens (tertiary/aromatic N) is 2. The van der Waals surface area contributed by atoms with Crippen molar-refractivity contribution in [3.05, 3.63) is 100 Å². The highest BCUT2D eigenvalue weighted by Gasteiger charge is 2.25. The number of nitrogens with one attached hydrogen (secondary N) is 2. The fourth-order valence-electron chi connectivity index (χ4n) is 3.75. The first kappa shape index (κ1) is 23.0. The van der Waals surface area contributed by atoms with Crippen LogP contribution in [-0.2, 0) is 0 Å². The molecule has 0 saturated carbocycles. The van der Waals surface area contributed by atoms with Gasteiger partial charge in [0.2, 0.25) is 0 Å². The van der Waals surface area contributed by atoms with E-state index >= 15 is 0 Å². The molecule has 5 nitrogen and oxygen atoms in total. The van der Waals surface area contributed by atoms with Crippen molar-refractivity contribution in [2.45, 2.75) is 6.43 Å². The van der Waals surface area contributed by atoms with E-state index in [0.29, 0.717) is 22.0 Å². The number of benzene rings is 3. The summed E-state index contributed by atoms with van der Waals surface area (Å²) in [5.41, 5.74) is 0.784. The van der Waals surface area contributed by atoms with Gasteiger partial charge in [0.1, 0.15) is 17.3 Å². The molecule has 5 aromatic rings. The first-order valence-electron chi connectivity index (χ1n) is 10.3. The third-order valence-electron chi connectivity index (χ3n) is 5.42. The lowest BCUT2D eigenvalue weighted by Crippen LogP contribution is -2.14. The predicted octanol–water partition coefficient (Wildman–Crippen LogP) is 7.66. The number of carbonyl (C=O) groups excluding carboxylic acids is 1. The van der Waals surface area contributed by atoms with Gasteiger partial charge >= 0.3 is 0 Å². The van der Waals surface area contributed by atoms with Gasteiger partial charge in [-0.25, -0.2) is 17.9 Å². The van der Waals surface area contributed by atoms with Crippen molar-refractivity contribution < 1.29 is 18.0 Å². The first-order chi connectivity index (χ1) is 16.8. The van der Waals surface area contributed by atoms with Crippen LogP contribution in [0.2, 0.25) is 10.0 Å². The van der Waals surface area contributed by atoms with Gasteiger partial charge in [0.05, 0.1) is 15.6 Å². The highest BCUT2D eigenvalue weighted by molar-refractivity contribution is 6.42. The van der Waals surface area contributed by atoms with Gasteiger partial charge in [0, 0.05) is 28.4 Å². The molecule has 1 amide bonds. The highest BCUT2D eigenvalue weighted by Crippen LogP contribution is 2.34. The molecule has 3 aromatic carbocycles. The predicted molar refractivity (Wildman–Crippen MR) is 130 cm³/mol. The second-order valence-electron chi connectivity index (χ2n) is 7.69. The zero-order chi connectivity index (χ0) is 24.7. The summed E-state index contributed by atoms with van der Waals surface area (Å²) in [6, 6.07) is 17.5. The molecule has 0 atom stereocenters. The van der Waals surface area contributed by atoms with Gasteiger partial charge in [0.25, 0.3) is 12.3 Å². The molecule has 0 spiro atoms. The van der Waals surface area contributed by atoms with Crippen molar-refractivity contribution in [2.24, 2.45) is 0 Å². The average Bonchev–Trinajstić information content (AvgIpc) is 3.47. The molecule has 2 aromatic heterocycles. The monoisotopic (exact) mass is 514 g/mol. The fraction of sp³-hybridized carbons (Fsp3) is 0.0400. The quantitative estimate of drug-likeness (QED) is 0.253. The normalized spacial score (nSPS) is 11.4. The summed E-state index contributed by atoms with van der Waals surface area (Å²) in [6.07, 6.45) is -1.77. The van der Waals surface area contributed by atoms with Gasteiger partial charge in [-0.3, -0.25) is 4.79 Å². The standard InChI is InChI=1S/C25H15Cl2F3N4O/c26-18-7-5-13(9-19(18)27)16-11-15(28)6-8-21(16)32-25(35)17-12-34(33-23(17)24(29)30)22-10-14-3-1-2-4-20(14)31-22/h1-12,24,31H,(H,32,35). The average molecular weight is 515 g/mol. The molecule has 0 aliphatic carbocycles. The van der Waals surface area contributed by atoms with Crippen molar-refractivity contribution in [1.82, 2.24) is 14.8 Å². The van der Waals surface area contributed by atoms with Crippen molar-refractivity contribution >= 4 is 45.7 Å². The number of hydrogen-bond acceptors (Lipinski definition) is 2. The Hall–Kier alpha value is -3.75. The maximum absolute atomic E-state index is 14.0. The number of halogens is 5. The van der Waals surface area contributed by atoms with E-state index in [-0.39, 0.29) is 16.3 Å². The topological polar surface area (TPSA) is 62.7 Å². The summed E-state index contributed by atoms with van der Waals surface area (Å²) in [5, 5.41) is 7.94. The summed E-state index contributed by atoms with van der Waals surface area (Å²) in [5.74, 6) is -0.954. The molecule has 0 unspecified atom stereocenters. The molecule has 2 heterocycles. The van der Waals surface area contributed by atoms with E-state index in [4.69, 9.17) is 23.2 Å². The summed E-state index contributed by atoms with van der Waals surface area (Å²) >= 11 is 12.1. The summed E-state index contributed by atoms with van der Waals surface area (Å²) < 4.78 is 42.8. The Kier molecular flexibility index (Phi) is 6.00. The summed E-state index contributed by atoms with van der Waals surface area (Å²) in [6.45, 7) is 0.